The Morgan fingerprint density at radius 2 is 1.03 bits per heavy atom. The second kappa shape index (κ2) is 11.4. The highest BCUT2D eigenvalue weighted by molar-refractivity contribution is 5.80. The molecule has 0 saturated heterocycles. The highest BCUT2D eigenvalue weighted by Crippen LogP contribution is 2.37. The topological polar surface area (TPSA) is 43.4 Å². The van der Waals surface area contributed by atoms with Crippen molar-refractivity contribution in [3.63, 3.8) is 0 Å². The molecule has 0 bridgehead atoms. The van der Waals surface area contributed by atoms with Crippen LogP contribution in [0.3, 0.4) is 0 Å². The minimum atomic E-state index is 0.590. The van der Waals surface area contributed by atoms with Crippen molar-refractivity contribution >= 4 is 11.4 Å². The molecule has 0 aliphatic carbocycles. The van der Waals surface area contributed by atoms with Crippen LogP contribution in [0.15, 0.2) is 115 Å². The average molecular weight is 487 g/mol. The second-order valence-corrected chi connectivity index (χ2v) is 8.55. The maximum absolute atomic E-state index is 5.94. The van der Waals surface area contributed by atoms with Crippen LogP contribution in [0.5, 0.6) is 11.5 Å². The summed E-state index contributed by atoms with van der Waals surface area (Å²) >= 11 is 0. The summed E-state index contributed by atoms with van der Waals surface area (Å²) in [7, 11) is 0. The lowest BCUT2D eigenvalue weighted by Gasteiger charge is -2.15. The molecule has 37 heavy (non-hydrogen) atoms. The van der Waals surface area contributed by atoms with E-state index >= 15 is 0 Å². The molecule has 5 aromatic rings. The summed E-state index contributed by atoms with van der Waals surface area (Å²) in [6.07, 6.45) is 0. The molecule has 0 radical (unpaired) electrons. The van der Waals surface area contributed by atoms with Crippen molar-refractivity contribution in [2.24, 2.45) is 0 Å². The Balaban J connectivity index is 1.60. The van der Waals surface area contributed by atoms with E-state index in [1.54, 1.807) is 0 Å². The summed E-state index contributed by atoms with van der Waals surface area (Å²) in [4.78, 5) is 5.09. The van der Waals surface area contributed by atoms with Gasteiger partial charge in [0.25, 0.3) is 0 Å². The first kappa shape index (κ1) is 24.1. The second-order valence-electron chi connectivity index (χ2n) is 8.55. The summed E-state index contributed by atoms with van der Waals surface area (Å²) in [6.45, 7) is 5.17. The van der Waals surface area contributed by atoms with Gasteiger partial charge in [-0.05, 0) is 85.6 Å². The van der Waals surface area contributed by atoms with Gasteiger partial charge < -0.3 is 14.8 Å². The number of hydrogen-bond donors (Lipinski definition) is 1. The quantitative estimate of drug-likeness (QED) is 0.226. The van der Waals surface area contributed by atoms with Crippen LogP contribution < -0.4 is 14.8 Å². The van der Waals surface area contributed by atoms with Crippen molar-refractivity contribution in [1.82, 2.24) is 4.98 Å². The number of nitrogens with zero attached hydrogens (tertiary/aromatic N) is 1. The highest BCUT2D eigenvalue weighted by atomic mass is 16.5. The number of para-hydroxylation sites is 3. The molecular weight excluding hydrogens is 456 g/mol. The maximum Gasteiger partial charge on any atom is 0.128 e. The third-order valence-electron chi connectivity index (χ3n) is 6.03. The van der Waals surface area contributed by atoms with Crippen LogP contribution in [0, 0.1) is 0 Å². The van der Waals surface area contributed by atoms with E-state index in [0.29, 0.717) is 13.2 Å². The Morgan fingerprint density at radius 1 is 0.541 bits per heavy atom. The summed E-state index contributed by atoms with van der Waals surface area (Å²) in [6, 6.07) is 39.0. The molecule has 0 aliphatic heterocycles. The minimum absolute atomic E-state index is 0.590. The number of benzene rings is 4. The molecule has 1 aromatic heterocycles. The van der Waals surface area contributed by atoms with E-state index in [2.05, 4.69) is 66.0 Å². The monoisotopic (exact) mass is 486 g/mol. The number of nitrogens with one attached hydrogen (secondary N) is 1. The molecular formula is C33H30N2O2. The lowest BCUT2D eigenvalue weighted by Crippen LogP contribution is -1.98. The standard InChI is InChI=1S/C33H30N2O2/c1-3-36-32-16-10-8-14-28(32)30-22-25(23-31(35-30)29-15-9-11-17-33(29)37-4-2)24-18-20-27(21-19-24)34-26-12-6-5-7-13-26/h5-23,34H,3-4H2,1-2H3. The molecule has 4 aromatic carbocycles. The molecule has 5 rings (SSSR count). The fraction of sp³-hybridized carbons (Fsp3) is 0.121. The van der Waals surface area contributed by atoms with E-state index in [0.717, 1.165) is 56.5 Å². The summed E-state index contributed by atoms with van der Waals surface area (Å²) in [5, 5.41) is 3.45. The molecule has 1 heterocycles. The van der Waals surface area contributed by atoms with Gasteiger partial charge in [0.1, 0.15) is 11.5 Å². The Hall–Kier alpha value is -4.57. The molecule has 4 nitrogen and oxygen atoms in total. The molecule has 0 saturated carbocycles. The van der Waals surface area contributed by atoms with Gasteiger partial charge in [-0.25, -0.2) is 4.98 Å². The minimum Gasteiger partial charge on any atom is -0.493 e. The lowest BCUT2D eigenvalue weighted by molar-refractivity contribution is 0.341. The predicted octanol–water partition coefficient (Wildman–Crippen LogP) is 8.62. The number of rotatable bonds is 9. The van der Waals surface area contributed by atoms with Crippen molar-refractivity contribution in [2.75, 3.05) is 18.5 Å². The van der Waals surface area contributed by atoms with Gasteiger partial charge in [0.05, 0.1) is 24.6 Å². The van der Waals surface area contributed by atoms with E-state index in [9.17, 15) is 0 Å². The molecule has 0 fully saturated rings. The van der Waals surface area contributed by atoms with Crippen LogP contribution in [0.4, 0.5) is 11.4 Å². The van der Waals surface area contributed by atoms with Gasteiger partial charge in [-0.3, -0.25) is 0 Å². The Bertz CT molecular complexity index is 1400. The summed E-state index contributed by atoms with van der Waals surface area (Å²) < 4.78 is 11.9. The van der Waals surface area contributed by atoms with Crippen LogP contribution in [0.2, 0.25) is 0 Å². The zero-order valence-electron chi connectivity index (χ0n) is 21.1. The lowest BCUT2D eigenvalue weighted by atomic mass is 9.99. The smallest absolute Gasteiger partial charge is 0.128 e. The van der Waals surface area contributed by atoms with E-state index in [-0.39, 0.29) is 0 Å². The number of ether oxygens (including phenoxy) is 2. The summed E-state index contributed by atoms with van der Waals surface area (Å²) in [5.41, 5.74) is 7.91. The molecule has 4 heteroatoms. The first-order chi connectivity index (χ1) is 18.2. The zero-order chi connectivity index (χ0) is 25.5. The normalized spacial score (nSPS) is 10.6. The first-order valence-corrected chi connectivity index (χ1v) is 12.6. The SMILES string of the molecule is CCOc1ccccc1-c1cc(-c2ccc(Nc3ccccc3)cc2)cc(-c2ccccc2OCC)n1. The van der Waals surface area contributed by atoms with E-state index in [4.69, 9.17) is 14.5 Å². The average Bonchev–Trinajstić information content (AvgIpc) is 2.95. The van der Waals surface area contributed by atoms with Crippen molar-refractivity contribution in [2.45, 2.75) is 13.8 Å². The van der Waals surface area contributed by atoms with Crippen LogP contribution in [-0.2, 0) is 0 Å². The third kappa shape index (κ3) is 5.65. The molecule has 184 valence electrons. The van der Waals surface area contributed by atoms with Crippen LogP contribution in [-0.4, -0.2) is 18.2 Å². The third-order valence-corrected chi connectivity index (χ3v) is 6.03. The molecule has 0 unspecified atom stereocenters. The molecule has 0 atom stereocenters. The fourth-order valence-electron chi connectivity index (χ4n) is 4.33. The van der Waals surface area contributed by atoms with E-state index in [1.807, 2.05) is 68.4 Å². The van der Waals surface area contributed by atoms with Crippen molar-refractivity contribution in [1.29, 1.82) is 0 Å². The van der Waals surface area contributed by atoms with Gasteiger partial charge in [0.15, 0.2) is 0 Å². The number of hydrogen-bond acceptors (Lipinski definition) is 4. The van der Waals surface area contributed by atoms with Gasteiger partial charge in [-0.15, -0.1) is 0 Å². The molecule has 0 spiro atoms. The Kier molecular flexibility index (Phi) is 7.47. The van der Waals surface area contributed by atoms with Crippen LogP contribution >= 0.6 is 0 Å². The van der Waals surface area contributed by atoms with E-state index in [1.165, 1.54) is 0 Å². The van der Waals surface area contributed by atoms with Gasteiger partial charge in [0.2, 0.25) is 0 Å². The van der Waals surface area contributed by atoms with Crippen LogP contribution in [0.25, 0.3) is 33.6 Å². The Labute approximate surface area is 218 Å². The first-order valence-electron chi connectivity index (χ1n) is 12.6. The summed E-state index contributed by atoms with van der Waals surface area (Å²) in [5.74, 6) is 1.64. The highest BCUT2D eigenvalue weighted by Gasteiger charge is 2.15. The van der Waals surface area contributed by atoms with Crippen molar-refractivity contribution in [3.05, 3.63) is 115 Å². The zero-order valence-corrected chi connectivity index (χ0v) is 21.1. The molecule has 1 N–H and O–H groups in total. The molecule has 0 amide bonds. The Morgan fingerprint density at radius 3 is 1.57 bits per heavy atom. The largest absolute Gasteiger partial charge is 0.493 e. The van der Waals surface area contributed by atoms with Crippen LogP contribution in [0.1, 0.15) is 13.8 Å². The van der Waals surface area contributed by atoms with Gasteiger partial charge in [-0.2, -0.15) is 0 Å². The number of anilines is 2. The van der Waals surface area contributed by atoms with E-state index < -0.39 is 0 Å². The molecule has 0 aliphatic rings. The van der Waals surface area contributed by atoms with Gasteiger partial charge >= 0.3 is 0 Å². The maximum atomic E-state index is 5.94. The number of pyridine rings is 1. The van der Waals surface area contributed by atoms with Crippen molar-refractivity contribution in [3.8, 4) is 45.1 Å². The fourth-order valence-corrected chi connectivity index (χ4v) is 4.33. The van der Waals surface area contributed by atoms with Crippen molar-refractivity contribution < 1.29 is 9.47 Å². The van der Waals surface area contributed by atoms with Gasteiger partial charge in [0, 0.05) is 22.5 Å². The van der Waals surface area contributed by atoms with Gasteiger partial charge in [-0.1, -0.05) is 54.6 Å². The predicted molar refractivity (Wildman–Crippen MR) is 153 cm³/mol. The number of aromatic nitrogens is 1.